The van der Waals surface area contributed by atoms with Crippen LogP contribution < -0.4 is 5.11 Å². The summed E-state index contributed by atoms with van der Waals surface area (Å²) in [6.07, 6.45) is -0.909. The number of hydrogen-bond acceptors (Lipinski definition) is 6. The normalized spacial score (nSPS) is 22.5. The summed E-state index contributed by atoms with van der Waals surface area (Å²) in [4.78, 5) is 22.2. The van der Waals surface area contributed by atoms with Crippen molar-refractivity contribution in [2.75, 3.05) is 6.54 Å². The Morgan fingerprint density at radius 1 is 1.27 bits per heavy atom. The average molecular weight is 326 g/mol. The van der Waals surface area contributed by atoms with Crippen LogP contribution in [-0.2, 0) is 24.3 Å². The Bertz CT molecular complexity index is 682. The van der Waals surface area contributed by atoms with Crippen molar-refractivity contribution in [1.82, 2.24) is 4.31 Å². The molecule has 0 amide bonds. The van der Waals surface area contributed by atoms with E-state index in [4.69, 9.17) is 4.74 Å². The van der Waals surface area contributed by atoms with Crippen molar-refractivity contribution >= 4 is 22.0 Å². The number of esters is 1. The van der Waals surface area contributed by atoms with Gasteiger partial charge in [0.25, 0.3) is 0 Å². The molecule has 1 fully saturated rings. The van der Waals surface area contributed by atoms with Gasteiger partial charge in [0, 0.05) is 13.3 Å². The molecule has 8 heteroatoms. The SMILES string of the molecule is CC(=O)O[C@H]1C[C@H](C(=O)[O-])N(S(=O)(=O)c2ccc(C)cc2)C1. The first-order valence-electron chi connectivity index (χ1n) is 6.68. The second-order valence-electron chi connectivity index (χ2n) is 5.19. The molecule has 0 saturated carbocycles. The van der Waals surface area contributed by atoms with Crippen LogP contribution in [0.25, 0.3) is 0 Å². The molecule has 0 aliphatic carbocycles. The van der Waals surface area contributed by atoms with Gasteiger partial charge < -0.3 is 14.6 Å². The third-order valence-corrected chi connectivity index (χ3v) is 5.34. The van der Waals surface area contributed by atoms with Gasteiger partial charge in [0.05, 0.1) is 23.5 Å². The Morgan fingerprint density at radius 2 is 1.86 bits per heavy atom. The van der Waals surface area contributed by atoms with Crippen LogP contribution in [0.3, 0.4) is 0 Å². The van der Waals surface area contributed by atoms with Crippen molar-refractivity contribution in [3.63, 3.8) is 0 Å². The van der Waals surface area contributed by atoms with Crippen LogP contribution in [0.5, 0.6) is 0 Å². The minimum atomic E-state index is -4.00. The van der Waals surface area contributed by atoms with Crippen LogP contribution in [0.1, 0.15) is 18.9 Å². The lowest BCUT2D eigenvalue weighted by molar-refractivity contribution is -0.309. The highest BCUT2D eigenvalue weighted by Crippen LogP contribution is 2.27. The second kappa shape index (κ2) is 6.05. The van der Waals surface area contributed by atoms with E-state index in [1.807, 2.05) is 6.92 Å². The first kappa shape index (κ1) is 16.4. The summed E-state index contributed by atoms with van der Waals surface area (Å²) in [7, 11) is -4.00. The van der Waals surface area contributed by atoms with Gasteiger partial charge in [0.2, 0.25) is 10.0 Å². The fourth-order valence-corrected chi connectivity index (χ4v) is 4.03. The van der Waals surface area contributed by atoms with Crippen LogP contribution >= 0.6 is 0 Å². The van der Waals surface area contributed by atoms with Gasteiger partial charge in [-0.2, -0.15) is 4.31 Å². The molecule has 1 aliphatic heterocycles. The Kier molecular flexibility index (Phi) is 4.52. The molecule has 1 heterocycles. The van der Waals surface area contributed by atoms with Crippen molar-refractivity contribution in [2.45, 2.75) is 37.3 Å². The molecule has 1 aliphatic rings. The van der Waals surface area contributed by atoms with E-state index in [1.54, 1.807) is 12.1 Å². The van der Waals surface area contributed by atoms with Crippen molar-refractivity contribution in [1.29, 1.82) is 0 Å². The number of ether oxygens (including phenoxy) is 1. The molecule has 0 radical (unpaired) electrons. The molecular weight excluding hydrogens is 310 g/mol. The van der Waals surface area contributed by atoms with Gasteiger partial charge in [-0.05, 0) is 19.1 Å². The summed E-state index contributed by atoms with van der Waals surface area (Å²) in [6.45, 7) is 2.80. The van der Waals surface area contributed by atoms with Gasteiger partial charge in [-0.15, -0.1) is 0 Å². The first-order valence-corrected chi connectivity index (χ1v) is 8.12. The van der Waals surface area contributed by atoms with E-state index >= 15 is 0 Å². The van der Waals surface area contributed by atoms with E-state index in [0.717, 1.165) is 9.87 Å². The monoisotopic (exact) mass is 326 g/mol. The maximum absolute atomic E-state index is 12.6. The van der Waals surface area contributed by atoms with Gasteiger partial charge >= 0.3 is 5.97 Å². The van der Waals surface area contributed by atoms with E-state index < -0.39 is 34.1 Å². The summed E-state index contributed by atoms with van der Waals surface area (Å²) in [5.41, 5.74) is 0.884. The van der Waals surface area contributed by atoms with Crippen LogP contribution in [0.4, 0.5) is 0 Å². The largest absolute Gasteiger partial charge is 0.548 e. The minimum Gasteiger partial charge on any atom is -0.548 e. The van der Waals surface area contributed by atoms with Gasteiger partial charge in [-0.1, -0.05) is 17.7 Å². The number of carboxylic acid groups (broad SMARTS) is 1. The summed E-state index contributed by atoms with van der Waals surface area (Å²) < 4.78 is 30.9. The number of sulfonamides is 1. The fourth-order valence-electron chi connectivity index (χ4n) is 2.41. The van der Waals surface area contributed by atoms with E-state index in [-0.39, 0.29) is 17.9 Å². The molecule has 1 saturated heterocycles. The molecule has 0 bridgehead atoms. The Morgan fingerprint density at radius 3 is 2.36 bits per heavy atom. The zero-order chi connectivity index (χ0) is 16.5. The van der Waals surface area contributed by atoms with Crippen molar-refractivity contribution in [3.05, 3.63) is 29.8 Å². The number of rotatable bonds is 4. The lowest BCUT2D eigenvalue weighted by Crippen LogP contribution is -2.46. The Balaban J connectivity index is 2.33. The average Bonchev–Trinajstić information content (AvgIpc) is 2.83. The highest BCUT2D eigenvalue weighted by Gasteiger charge is 2.42. The molecule has 1 aromatic carbocycles. The second-order valence-corrected chi connectivity index (χ2v) is 7.08. The number of carbonyl (C=O) groups is 2. The number of hydrogen-bond donors (Lipinski definition) is 0. The fraction of sp³-hybridized carbons (Fsp3) is 0.429. The maximum atomic E-state index is 12.6. The minimum absolute atomic E-state index is 0.00664. The Hall–Kier alpha value is -1.93. The lowest BCUT2D eigenvalue weighted by atomic mass is 10.2. The highest BCUT2D eigenvalue weighted by molar-refractivity contribution is 7.89. The maximum Gasteiger partial charge on any atom is 0.302 e. The van der Waals surface area contributed by atoms with Crippen LogP contribution in [0.15, 0.2) is 29.2 Å². The third kappa shape index (κ3) is 3.28. The molecule has 0 aromatic heterocycles. The smallest absolute Gasteiger partial charge is 0.302 e. The number of aryl methyl sites for hydroxylation is 1. The predicted molar refractivity (Wildman–Crippen MR) is 74.0 cm³/mol. The standard InChI is InChI=1S/C14H17NO6S/c1-9-3-5-12(6-4-9)22(19,20)15-8-11(21-10(2)16)7-13(15)14(17)18/h3-6,11,13H,7-8H2,1-2H3,(H,17,18)/p-1/t11-,13+/m0/s1. The molecular formula is C14H16NO6S-. The summed E-state index contributed by atoms with van der Waals surface area (Å²) in [6, 6.07) is 4.73. The van der Waals surface area contributed by atoms with Crippen molar-refractivity contribution in [2.24, 2.45) is 0 Å². The lowest BCUT2D eigenvalue weighted by Gasteiger charge is -2.24. The zero-order valence-corrected chi connectivity index (χ0v) is 13.0. The van der Waals surface area contributed by atoms with Crippen molar-refractivity contribution in [3.8, 4) is 0 Å². The quantitative estimate of drug-likeness (QED) is 0.687. The highest BCUT2D eigenvalue weighted by atomic mass is 32.2. The van der Waals surface area contributed by atoms with Gasteiger partial charge in [0.15, 0.2) is 0 Å². The number of nitrogens with zero attached hydrogens (tertiary/aromatic N) is 1. The van der Waals surface area contributed by atoms with Crippen LogP contribution in [0, 0.1) is 6.92 Å². The van der Waals surface area contributed by atoms with E-state index in [1.165, 1.54) is 19.1 Å². The number of benzene rings is 1. The Labute approximate surface area is 128 Å². The van der Waals surface area contributed by atoms with Gasteiger partial charge in [-0.3, -0.25) is 4.79 Å². The predicted octanol–water partition coefficient (Wildman–Crippen LogP) is -0.560. The summed E-state index contributed by atoms with van der Waals surface area (Å²) in [5, 5.41) is 11.2. The molecule has 0 unspecified atom stereocenters. The van der Waals surface area contributed by atoms with Crippen molar-refractivity contribution < 1.29 is 27.9 Å². The number of aliphatic carboxylic acids is 1. The van der Waals surface area contributed by atoms with E-state index in [2.05, 4.69) is 0 Å². The molecule has 2 rings (SSSR count). The molecule has 1 aromatic rings. The number of carboxylic acids is 1. The molecule has 7 nitrogen and oxygen atoms in total. The molecule has 22 heavy (non-hydrogen) atoms. The van der Waals surface area contributed by atoms with Crippen LogP contribution in [-0.4, -0.2) is 43.4 Å². The zero-order valence-electron chi connectivity index (χ0n) is 12.2. The van der Waals surface area contributed by atoms with Gasteiger partial charge in [-0.25, -0.2) is 8.42 Å². The molecule has 0 spiro atoms. The van der Waals surface area contributed by atoms with Crippen LogP contribution in [0.2, 0.25) is 0 Å². The van der Waals surface area contributed by atoms with Gasteiger partial charge in [0.1, 0.15) is 6.10 Å². The first-order chi connectivity index (χ1) is 10.2. The number of carbonyl (C=O) groups excluding carboxylic acids is 2. The van der Waals surface area contributed by atoms with E-state index in [9.17, 15) is 23.1 Å². The molecule has 2 atom stereocenters. The topological polar surface area (TPSA) is 104 Å². The summed E-state index contributed by atoms with van der Waals surface area (Å²) in [5.74, 6) is -2.10. The third-order valence-electron chi connectivity index (χ3n) is 3.45. The molecule has 0 N–H and O–H groups in total. The molecule has 120 valence electrons. The summed E-state index contributed by atoms with van der Waals surface area (Å²) >= 11 is 0. The van der Waals surface area contributed by atoms with E-state index in [0.29, 0.717) is 0 Å².